The first-order valence-electron chi connectivity index (χ1n) is 11.4. The molecule has 1 aromatic heterocycles. The Balaban J connectivity index is 1.57. The quantitative estimate of drug-likeness (QED) is 0.245. The van der Waals surface area contributed by atoms with E-state index in [4.69, 9.17) is 5.41 Å². The summed E-state index contributed by atoms with van der Waals surface area (Å²) in [5.74, 6) is 0.263. The molecule has 4 aliphatic rings. The fourth-order valence-electron chi connectivity index (χ4n) is 7.23. The topological polar surface area (TPSA) is 31.0 Å². The summed E-state index contributed by atoms with van der Waals surface area (Å²) in [6, 6.07) is 27.2. The van der Waals surface area contributed by atoms with Gasteiger partial charge >= 0.3 is 0 Å². The van der Waals surface area contributed by atoms with Gasteiger partial charge in [-0.3, -0.25) is 5.41 Å². The van der Waals surface area contributed by atoms with Crippen molar-refractivity contribution in [1.82, 2.24) is 0 Å². The molecule has 4 aromatic rings. The summed E-state index contributed by atoms with van der Waals surface area (Å²) in [6.45, 7) is 0.780. The monoisotopic (exact) mass is 412 g/mol. The first kappa shape index (κ1) is 16.9. The van der Waals surface area contributed by atoms with Crippen molar-refractivity contribution in [2.24, 2.45) is 0 Å². The number of fused-ring (bicyclic) bond motifs is 3. The summed E-state index contributed by atoms with van der Waals surface area (Å²) in [7, 11) is 0. The second kappa shape index (κ2) is 5.55. The highest BCUT2D eigenvalue weighted by Crippen LogP contribution is 2.56. The van der Waals surface area contributed by atoms with Crippen LogP contribution in [0.4, 0.5) is 5.69 Å². The fourth-order valence-corrected chi connectivity index (χ4v) is 7.23. The maximum Gasteiger partial charge on any atom is 0.239 e. The number of benzene rings is 3. The van der Waals surface area contributed by atoms with Crippen molar-refractivity contribution >= 4 is 12.0 Å². The highest BCUT2D eigenvalue weighted by Gasteiger charge is 2.62. The number of nitrogens with zero attached hydrogens (tertiary/aromatic N) is 2. The molecule has 8 rings (SSSR count). The van der Waals surface area contributed by atoms with Crippen LogP contribution in [0, 0.1) is 5.41 Å². The van der Waals surface area contributed by atoms with Crippen LogP contribution < -0.4 is 9.47 Å². The van der Waals surface area contributed by atoms with Gasteiger partial charge in [0.1, 0.15) is 0 Å². The zero-order valence-electron chi connectivity index (χ0n) is 17.7. The summed E-state index contributed by atoms with van der Waals surface area (Å²) in [5.41, 5.74) is 13.8. The molecule has 1 N–H and O–H groups in total. The maximum absolute atomic E-state index is 8.21. The molecule has 0 saturated carbocycles. The second-order valence-corrected chi connectivity index (χ2v) is 9.58. The molecule has 152 valence electrons. The third-order valence-electron chi connectivity index (χ3n) is 8.25. The fraction of sp³-hybridized carbons (Fsp3) is 0.172. The van der Waals surface area contributed by atoms with Crippen molar-refractivity contribution in [3.63, 3.8) is 0 Å². The molecule has 2 atom stereocenters. The lowest BCUT2D eigenvalue weighted by molar-refractivity contribution is -0.750. The third-order valence-corrected chi connectivity index (χ3v) is 8.25. The third kappa shape index (κ3) is 1.74. The van der Waals surface area contributed by atoms with Gasteiger partial charge in [-0.05, 0) is 46.4 Å². The van der Waals surface area contributed by atoms with Crippen LogP contribution in [0.25, 0.3) is 0 Å². The van der Waals surface area contributed by atoms with Gasteiger partial charge in [0.2, 0.25) is 5.54 Å². The number of hydrogen-bond acceptors (Lipinski definition) is 1. The Hall–Kier alpha value is -3.72. The summed E-state index contributed by atoms with van der Waals surface area (Å²) in [4.78, 5) is 2.15. The van der Waals surface area contributed by atoms with Crippen LogP contribution in [-0.2, 0) is 18.4 Å². The molecule has 2 aliphatic carbocycles. The summed E-state index contributed by atoms with van der Waals surface area (Å²) in [5, 5.41) is 8.21. The van der Waals surface area contributed by atoms with E-state index >= 15 is 0 Å². The Labute approximate surface area is 187 Å². The van der Waals surface area contributed by atoms with Crippen molar-refractivity contribution in [2.45, 2.75) is 24.3 Å². The Bertz CT molecular complexity index is 1500. The Morgan fingerprint density at radius 1 is 0.781 bits per heavy atom. The molecule has 1 spiro atoms. The predicted molar refractivity (Wildman–Crippen MR) is 125 cm³/mol. The van der Waals surface area contributed by atoms with Gasteiger partial charge < -0.3 is 4.90 Å². The second-order valence-electron chi connectivity index (χ2n) is 9.58. The highest BCUT2D eigenvalue weighted by atomic mass is 15.2. The SMILES string of the molecule is N=CN1CC23c4c(cccc4C4c5ccccc5Cc5ccc[n+]2c54)Cc2cccc1c23. The number of nitrogens with one attached hydrogen (secondary N) is 1. The van der Waals surface area contributed by atoms with Gasteiger partial charge in [-0.1, -0.05) is 54.6 Å². The average molecular weight is 413 g/mol. The Morgan fingerprint density at radius 2 is 1.50 bits per heavy atom. The highest BCUT2D eigenvalue weighted by molar-refractivity contribution is 5.86. The average Bonchev–Trinajstić information content (AvgIpc) is 3.18. The minimum absolute atomic E-state index is 0.263. The van der Waals surface area contributed by atoms with Gasteiger partial charge in [-0.15, -0.1) is 0 Å². The van der Waals surface area contributed by atoms with Gasteiger partial charge in [0.05, 0.1) is 30.1 Å². The van der Waals surface area contributed by atoms with Gasteiger partial charge in [0, 0.05) is 23.6 Å². The Morgan fingerprint density at radius 3 is 2.41 bits per heavy atom. The molecule has 0 radical (unpaired) electrons. The van der Waals surface area contributed by atoms with E-state index in [1.807, 2.05) is 0 Å². The van der Waals surface area contributed by atoms with E-state index in [-0.39, 0.29) is 11.5 Å². The molecule has 3 heterocycles. The van der Waals surface area contributed by atoms with Crippen LogP contribution in [0.15, 0.2) is 79.0 Å². The van der Waals surface area contributed by atoms with Crippen LogP contribution >= 0.6 is 0 Å². The maximum atomic E-state index is 8.21. The number of anilines is 1. The molecular weight excluding hydrogens is 390 g/mol. The van der Waals surface area contributed by atoms with Crippen molar-refractivity contribution in [2.75, 3.05) is 11.4 Å². The van der Waals surface area contributed by atoms with Crippen molar-refractivity contribution < 1.29 is 4.57 Å². The molecule has 3 aromatic carbocycles. The van der Waals surface area contributed by atoms with E-state index in [0.717, 1.165) is 19.4 Å². The lowest BCUT2D eigenvalue weighted by Crippen LogP contribution is -2.66. The molecule has 2 aliphatic heterocycles. The van der Waals surface area contributed by atoms with Crippen molar-refractivity contribution in [1.29, 1.82) is 5.41 Å². The molecule has 3 heteroatoms. The smallest absolute Gasteiger partial charge is 0.239 e. The number of aromatic nitrogens is 1. The summed E-state index contributed by atoms with van der Waals surface area (Å²) < 4.78 is 2.60. The lowest BCUT2D eigenvalue weighted by atomic mass is 9.64. The van der Waals surface area contributed by atoms with Gasteiger partial charge in [0.25, 0.3) is 0 Å². The van der Waals surface area contributed by atoms with Gasteiger partial charge in [0.15, 0.2) is 11.9 Å². The lowest BCUT2D eigenvalue weighted by Gasteiger charge is -2.42. The van der Waals surface area contributed by atoms with E-state index in [1.165, 1.54) is 62.2 Å². The molecule has 2 unspecified atom stereocenters. The largest absolute Gasteiger partial charge is 0.325 e. The molecule has 0 saturated heterocycles. The number of hydrogen-bond donors (Lipinski definition) is 1. The van der Waals surface area contributed by atoms with Crippen LogP contribution in [0.1, 0.15) is 56.1 Å². The van der Waals surface area contributed by atoms with Crippen molar-refractivity contribution in [3.05, 3.63) is 129 Å². The molecule has 32 heavy (non-hydrogen) atoms. The Kier molecular flexibility index (Phi) is 2.93. The van der Waals surface area contributed by atoms with Crippen molar-refractivity contribution in [3.8, 4) is 0 Å². The van der Waals surface area contributed by atoms with E-state index in [1.54, 1.807) is 0 Å². The van der Waals surface area contributed by atoms with E-state index in [2.05, 4.69) is 88.5 Å². The molecule has 0 fully saturated rings. The molecular formula is C29H22N3+. The molecule has 0 bridgehead atoms. The van der Waals surface area contributed by atoms with E-state index in [0.29, 0.717) is 0 Å². The minimum atomic E-state index is -0.276. The van der Waals surface area contributed by atoms with Crippen LogP contribution in [-0.4, -0.2) is 12.9 Å². The number of pyridine rings is 1. The van der Waals surface area contributed by atoms with Crippen LogP contribution in [0.5, 0.6) is 0 Å². The number of rotatable bonds is 1. The normalized spacial score (nSPS) is 22.5. The predicted octanol–water partition coefficient (Wildman–Crippen LogP) is 4.50. The minimum Gasteiger partial charge on any atom is -0.325 e. The van der Waals surface area contributed by atoms with E-state index in [9.17, 15) is 0 Å². The summed E-state index contributed by atoms with van der Waals surface area (Å²) in [6.07, 6.45) is 5.77. The van der Waals surface area contributed by atoms with Gasteiger partial charge in [-0.25, -0.2) is 0 Å². The standard InChI is InChI=1S/C29H22N3/c30-17-31-16-29-26-19(15-20-8-4-12-24(31)27(20)29)7-3-11-23(26)25-22-10-2-1-6-18(22)14-21-9-5-13-32(29)28(21)25/h1-13,17,25,30H,14-16H2/q+1. The van der Waals surface area contributed by atoms with Crippen LogP contribution in [0.2, 0.25) is 0 Å². The van der Waals surface area contributed by atoms with E-state index < -0.39 is 0 Å². The van der Waals surface area contributed by atoms with Gasteiger partial charge in [-0.2, -0.15) is 4.57 Å². The summed E-state index contributed by atoms with van der Waals surface area (Å²) >= 11 is 0. The first-order valence-corrected chi connectivity index (χ1v) is 11.4. The zero-order chi connectivity index (χ0) is 21.0. The van der Waals surface area contributed by atoms with Crippen LogP contribution in [0.3, 0.4) is 0 Å². The zero-order valence-corrected chi connectivity index (χ0v) is 17.7. The molecule has 0 amide bonds. The molecule has 3 nitrogen and oxygen atoms in total. The first-order chi connectivity index (χ1) is 15.8.